The zero-order valence-electron chi connectivity index (χ0n) is 25.2. The van der Waals surface area contributed by atoms with Gasteiger partial charge in [-0.1, -0.05) is 23.8 Å². The van der Waals surface area contributed by atoms with Crippen LogP contribution in [0, 0.1) is 0 Å². The molecule has 1 aromatic rings. The van der Waals surface area contributed by atoms with Crippen molar-refractivity contribution in [2.45, 2.75) is 75.8 Å². The third kappa shape index (κ3) is 9.09. The normalized spacial score (nSPS) is 23.1. The van der Waals surface area contributed by atoms with E-state index in [1.54, 1.807) is 31.2 Å². The molecule has 0 bridgehead atoms. The van der Waals surface area contributed by atoms with Gasteiger partial charge >= 0.3 is 0 Å². The van der Waals surface area contributed by atoms with Crippen molar-refractivity contribution < 1.29 is 38.5 Å². The molecule has 2 fully saturated rings. The predicted octanol–water partition coefficient (Wildman–Crippen LogP) is 0.784. The SMILES string of the molecule is COc1ccc(C(O)C(NC(=O)C(C)NC(=O)CN2CCOCC2)C(=O)NC(CC2=CCCCC2)C(=O)C2(C)CO2)cc1. The minimum Gasteiger partial charge on any atom is -0.497 e. The van der Waals surface area contributed by atoms with E-state index in [0.29, 0.717) is 44.0 Å². The molecule has 5 atom stereocenters. The van der Waals surface area contributed by atoms with Crippen LogP contribution in [0.3, 0.4) is 0 Å². The highest BCUT2D eigenvalue weighted by Gasteiger charge is 2.50. The number of hydrogen-bond donors (Lipinski definition) is 4. The number of hydrogen-bond acceptors (Lipinski definition) is 9. The molecule has 1 aromatic carbocycles. The maximum Gasteiger partial charge on any atom is 0.246 e. The van der Waals surface area contributed by atoms with Gasteiger partial charge in [-0.3, -0.25) is 24.1 Å². The Morgan fingerprint density at radius 3 is 2.35 bits per heavy atom. The number of epoxide rings is 1. The highest BCUT2D eigenvalue weighted by molar-refractivity contribution is 5.98. The number of ketones is 1. The van der Waals surface area contributed by atoms with Crippen LogP contribution in [-0.2, 0) is 28.7 Å². The van der Waals surface area contributed by atoms with Gasteiger partial charge in [0.2, 0.25) is 17.7 Å². The van der Waals surface area contributed by atoms with Gasteiger partial charge in [0.1, 0.15) is 29.5 Å². The summed E-state index contributed by atoms with van der Waals surface area (Å²) < 4.78 is 15.9. The average Bonchev–Trinajstić information content (AvgIpc) is 3.77. The fourth-order valence-electron chi connectivity index (χ4n) is 5.32. The average molecular weight is 601 g/mol. The van der Waals surface area contributed by atoms with Crippen LogP contribution in [0.5, 0.6) is 5.75 Å². The van der Waals surface area contributed by atoms with Crippen molar-refractivity contribution in [1.29, 1.82) is 0 Å². The molecule has 5 unspecified atom stereocenters. The Bertz CT molecular complexity index is 1180. The number of methoxy groups -OCH3 is 1. The number of carbonyl (C=O) groups excluding carboxylic acids is 4. The first-order valence-corrected chi connectivity index (χ1v) is 15.0. The Morgan fingerprint density at radius 1 is 1.05 bits per heavy atom. The number of rotatable bonds is 14. The summed E-state index contributed by atoms with van der Waals surface area (Å²) in [6.07, 6.45) is 4.84. The fourth-order valence-corrected chi connectivity index (χ4v) is 5.32. The lowest BCUT2D eigenvalue weighted by atomic mass is 9.89. The van der Waals surface area contributed by atoms with Gasteiger partial charge in [0.05, 0.1) is 39.5 Å². The van der Waals surface area contributed by atoms with Crippen LogP contribution >= 0.6 is 0 Å². The Hall–Kier alpha value is -3.32. The molecule has 12 nitrogen and oxygen atoms in total. The Morgan fingerprint density at radius 2 is 1.74 bits per heavy atom. The molecule has 12 heteroatoms. The van der Waals surface area contributed by atoms with Crippen molar-refractivity contribution in [1.82, 2.24) is 20.9 Å². The molecule has 3 aliphatic rings. The summed E-state index contributed by atoms with van der Waals surface area (Å²) in [6, 6.07) is 3.13. The van der Waals surface area contributed by atoms with Crippen molar-refractivity contribution in [2.75, 3.05) is 46.6 Å². The Balaban J connectivity index is 1.49. The largest absolute Gasteiger partial charge is 0.497 e. The van der Waals surface area contributed by atoms with E-state index >= 15 is 0 Å². The number of aliphatic hydroxyl groups excluding tert-OH is 1. The summed E-state index contributed by atoms with van der Waals surface area (Å²) in [5, 5.41) is 19.4. The van der Waals surface area contributed by atoms with E-state index in [9.17, 15) is 24.3 Å². The molecule has 0 saturated carbocycles. The summed E-state index contributed by atoms with van der Waals surface area (Å²) in [5.74, 6) is -1.41. The van der Waals surface area contributed by atoms with Crippen molar-refractivity contribution in [3.05, 3.63) is 41.5 Å². The molecule has 0 radical (unpaired) electrons. The van der Waals surface area contributed by atoms with Crippen molar-refractivity contribution >= 4 is 23.5 Å². The maximum absolute atomic E-state index is 13.8. The first kappa shape index (κ1) is 32.6. The summed E-state index contributed by atoms with van der Waals surface area (Å²) in [4.78, 5) is 55.0. The van der Waals surface area contributed by atoms with Crippen LogP contribution in [0.4, 0.5) is 0 Å². The summed E-state index contributed by atoms with van der Waals surface area (Å²) in [7, 11) is 1.51. The molecular weight excluding hydrogens is 556 g/mol. The lowest BCUT2D eigenvalue weighted by Crippen LogP contribution is -2.58. The lowest BCUT2D eigenvalue weighted by Gasteiger charge is -2.29. The van der Waals surface area contributed by atoms with Gasteiger partial charge in [0, 0.05) is 13.1 Å². The van der Waals surface area contributed by atoms with E-state index in [1.165, 1.54) is 14.0 Å². The molecule has 3 amide bonds. The minimum atomic E-state index is -1.46. The predicted molar refractivity (Wildman–Crippen MR) is 157 cm³/mol. The maximum atomic E-state index is 13.8. The highest BCUT2D eigenvalue weighted by atomic mass is 16.6. The lowest BCUT2D eigenvalue weighted by molar-refractivity contribution is -0.136. The summed E-state index contributed by atoms with van der Waals surface area (Å²) in [6.45, 7) is 5.89. The van der Waals surface area contributed by atoms with Crippen molar-refractivity contribution in [3.63, 3.8) is 0 Å². The summed E-state index contributed by atoms with van der Waals surface area (Å²) >= 11 is 0. The highest BCUT2D eigenvalue weighted by Crippen LogP contribution is 2.31. The second kappa shape index (κ2) is 14.9. The zero-order valence-corrected chi connectivity index (χ0v) is 25.2. The third-order valence-electron chi connectivity index (χ3n) is 8.18. The number of allylic oxidation sites excluding steroid dienone is 1. The summed E-state index contributed by atoms with van der Waals surface area (Å²) in [5.41, 5.74) is 0.474. The molecule has 236 valence electrons. The molecule has 2 heterocycles. The van der Waals surface area contributed by atoms with Gasteiger partial charge < -0.3 is 35.3 Å². The van der Waals surface area contributed by atoms with Crippen LogP contribution < -0.4 is 20.7 Å². The Labute approximate surface area is 252 Å². The molecule has 2 saturated heterocycles. The van der Waals surface area contributed by atoms with Gasteiger partial charge in [-0.15, -0.1) is 0 Å². The molecule has 43 heavy (non-hydrogen) atoms. The molecule has 0 spiro atoms. The van der Waals surface area contributed by atoms with Crippen molar-refractivity contribution in [2.24, 2.45) is 0 Å². The molecule has 4 N–H and O–H groups in total. The van der Waals surface area contributed by atoms with Gasteiger partial charge in [-0.05, 0) is 63.6 Å². The number of Topliss-reactive ketones (excluding diaryl/α,β-unsaturated/α-hetero) is 1. The topological polar surface area (TPSA) is 159 Å². The zero-order chi connectivity index (χ0) is 31.0. The van der Waals surface area contributed by atoms with E-state index in [4.69, 9.17) is 14.2 Å². The first-order valence-electron chi connectivity index (χ1n) is 15.0. The van der Waals surface area contributed by atoms with E-state index in [2.05, 4.69) is 22.0 Å². The first-order chi connectivity index (χ1) is 20.6. The van der Waals surface area contributed by atoms with Gasteiger partial charge in [-0.2, -0.15) is 0 Å². The minimum absolute atomic E-state index is 0.111. The smallest absolute Gasteiger partial charge is 0.246 e. The number of carbonyl (C=O) groups is 4. The quantitative estimate of drug-likeness (QED) is 0.179. The number of benzene rings is 1. The molecule has 4 rings (SSSR count). The second-order valence-electron chi connectivity index (χ2n) is 11.6. The fraction of sp³-hybridized carbons (Fsp3) is 0.613. The molecule has 1 aliphatic carbocycles. The van der Waals surface area contributed by atoms with Gasteiger partial charge in [-0.25, -0.2) is 0 Å². The number of aliphatic hydroxyl groups is 1. The third-order valence-corrected chi connectivity index (χ3v) is 8.18. The monoisotopic (exact) mass is 600 g/mol. The standard InChI is InChI=1S/C31H44N4O8/c1-20(32-25(36)18-35-13-15-42-16-14-35)29(39)34-26(27(37)22-9-11-23(41-3)12-10-22)30(40)33-24(28(38)31(2)19-43-31)17-21-7-5-4-6-8-21/h7,9-12,20,24,26-27,37H,4-6,8,13-19H2,1-3H3,(H,32,36)(H,33,40)(H,34,39). The van der Waals surface area contributed by atoms with E-state index < -0.39 is 41.6 Å². The van der Waals surface area contributed by atoms with Crippen LogP contribution in [0.25, 0.3) is 0 Å². The second-order valence-corrected chi connectivity index (χ2v) is 11.6. The van der Waals surface area contributed by atoms with E-state index in [-0.39, 0.29) is 24.8 Å². The number of nitrogens with one attached hydrogen (secondary N) is 3. The van der Waals surface area contributed by atoms with E-state index in [1.807, 2.05) is 4.90 Å². The molecule has 2 aliphatic heterocycles. The Kier molecular flexibility index (Phi) is 11.3. The van der Waals surface area contributed by atoms with Crippen molar-refractivity contribution in [3.8, 4) is 5.75 Å². The van der Waals surface area contributed by atoms with Gasteiger partial charge in [0.25, 0.3) is 0 Å². The molecular formula is C31H44N4O8. The van der Waals surface area contributed by atoms with Crippen LogP contribution in [0.15, 0.2) is 35.9 Å². The van der Waals surface area contributed by atoms with Crippen LogP contribution in [0.2, 0.25) is 0 Å². The number of ether oxygens (including phenoxy) is 3. The number of nitrogens with zero attached hydrogens (tertiary/aromatic N) is 1. The number of amides is 3. The molecule has 0 aromatic heterocycles. The van der Waals surface area contributed by atoms with Crippen LogP contribution in [0.1, 0.15) is 57.6 Å². The number of morpholine rings is 1. The van der Waals surface area contributed by atoms with E-state index in [0.717, 1.165) is 31.3 Å². The van der Waals surface area contributed by atoms with Crippen LogP contribution in [-0.4, -0.2) is 104 Å². The van der Waals surface area contributed by atoms with Gasteiger partial charge in [0.15, 0.2) is 5.78 Å².